The zero-order valence-corrected chi connectivity index (χ0v) is 14.7. The van der Waals surface area contributed by atoms with E-state index in [2.05, 4.69) is 10.3 Å². The van der Waals surface area contributed by atoms with Gasteiger partial charge in [0.15, 0.2) is 0 Å². The van der Waals surface area contributed by atoms with Gasteiger partial charge in [0.05, 0.1) is 0 Å². The standard InChI is InChI=1S/C19H19F2N3O3/c1-11-2-5-22-16(8-11)23-18(26)12-3-6-24(7-4-12)19(27)17-14(21)9-13(20)10-15(17)25/h2,5,8-10,12,25H,3-4,6-7H2,1H3,(H,22,23,26). The summed E-state index contributed by atoms with van der Waals surface area (Å²) in [7, 11) is 0. The van der Waals surface area contributed by atoms with Gasteiger partial charge in [-0.2, -0.15) is 0 Å². The maximum Gasteiger partial charge on any atom is 0.260 e. The van der Waals surface area contributed by atoms with Crippen LogP contribution in [0.1, 0.15) is 28.8 Å². The molecule has 1 saturated heterocycles. The van der Waals surface area contributed by atoms with Crippen LogP contribution in [0.5, 0.6) is 5.75 Å². The van der Waals surface area contributed by atoms with Crippen LogP contribution in [0.2, 0.25) is 0 Å². The average Bonchev–Trinajstić information content (AvgIpc) is 2.61. The first-order valence-corrected chi connectivity index (χ1v) is 8.56. The molecule has 6 nitrogen and oxygen atoms in total. The van der Waals surface area contributed by atoms with Crippen molar-refractivity contribution >= 4 is 17.6 Å². The fourth-order valence-electron chi connectivity index (χ4n) is 3.11. The summed E-state index contributed by atoms with van der Waals surface area (Å²) in [5.74, 6) is -3.53. The Morgan fingerprint density at radius 2 is 1.93 bits per heavy atom. The number of nitrogens with one attached hydrogen (secondary N) is 1. The summed E-state index contributed by atoms with van der Waals surface area (Å²) in [4.78, 5) is 30.3. The van der Waals surface area contributed by atoms with E-state index < -0.39 is 28.9 Å². The number of hydrogen-bond donors (Lipinski definition) is 2. The van der Waals surface area contributed by atoms with Crippen molar-refractivity contribution in [1.29, 1.82) is 0 Å². The molecule has 2 heterocycles. The van der Waals surface area contributed by atoms with E-state index in [-0.39, 0.29) is 24.9 Å². The first-order valence-electron chi connectivity index (χ1n) is 8.56. The monoisotopic (exact) mass is 375 g/mol. The number of phenolic OH excluding ortho intramolecular Hbond substituents is 1. The zero-order chi connectivity index (χ0) is 19.6. The number of likely N-dealkylation sites (tertiary alicyclic amines) is 1. The number of hydrogen-bond acceptors (Lipinski definition) is 4. The lowest BCUT2D eigenvalue weighted by Gasteiger charge is -2.31. The first kappa shape index (κ1) is 18.8. The highest BCUT2D eigenvalue weighted by Crippen LogP contribution is 2.26. The van der Waals surface area contributed by atoms with Crippen molar-refractivity contribution in [2.75, 3.05) is 18.4 Å². The summed E-state index contributed by atoms with van der Waals surface area (Å²) in [5, 5.41) is 12.5. The minimum Gasteiger partial charge on any atom is -0.507 e. The number of carbonyl (C=O) groups is 2. The molecule has 142 valence electrons. The minimum atomic E-state index is -1.11. The highest BCUT2D eigenvalue weighted by molar-refractivity contribution is 5.97. The third-order valence-corrected chi connectivity index (χ3v) is 4.57. The Kier molecular flexibility index (Phi) is 5.34. The molecule has 0 bridgehead atoms. The summed E-state index contributed by atoms with van der Waals surface area (Å²) >= 11 is 0. The van der Waals surface area contributed by atoms with E-state index in [0.29, 0.717) is 30.8 Å². The number of aryl methyl sites for hydroxylation is 1. The molecule has 0 saturated carbocycles. The second-order valence-corrected chi connectivity index (χ2v) is 6.56. The summed E-state index contributed by atoms with van der Waals surface area (Å²) in [6.07, 6.45) is 2.40. The number of carbonyl (C=O) groups excluding carboxylic acids is 2. The fraction of sp³-hybridized carbons (Fsp3) is 0.316. The molecule has 2 amide bonds. The van der Waals surface area contributed by atoms with Crippen molar-refractivity contribution in [3.05, 3.63) is 53.2 Å². The van der Waals surface area contributed by atoms with Crippen LogP contribution in [0.15, 0.2) is 30.5 Å². The third-order valence-electron chi connectivity index (χ3n) is 4.57. The summed E-state index contributed by atoms with van der Waals surface area (Å²) in [6, 6.07) is 4.84. The average molecular weight is 375 g/mol. The maximum atomic E-state index is 13.9. The van der Waals surface area contributed by atoms with Crippen LogP contribution in [-0.4, -0.2) is 39.9 Å². The Hall–Kier alpha value is -3.03. The fourth-order valence-corrected chi connectivity index (χ4v) is 3.11. The van der Waals surface area contributed by atoms with Gasteiger partial charge < -0.3 is 15.3 Å². The van der Waals surface area contributed by atoms with E-state index in [4.69, 9.17) is 0 Å². The van der Waals surface area contributed by atoms with Crippen LogP contribution < -0.4 is 5.32 Å². The number of amides is 2. The van der Waals surface area contributed by atoms with Crippen LogP contribution >= 0.6 is 0 Å². The SMILES string of the molecule is Cc1ccnc(NC(=O)C2CCN(C(=O)c3c(O)cc(F)cc3F)CC2)c1. The number of aromatic nitrogens is 1. The number of halogens is 2. The van der Waals surface area contributed by atoms with Gasteiger partial charge >= 0.3 is 0 Å². The van der Waals surface area contributed by atoms with Gasteiger partial charge in [-0.15, -0.1) is 0 Å². The molecule has 1 aromatic carbocycles. The molecule has 27 heavy (non-hydrogen) atoms. The molecule has 3 rings (SSSR count). The van der Waals surface area contributed by atoms with Gasteiger partial charge in [0.2, 0.25) is 5.91 Å². The predicted octanol–water partition coefficient (Wildman–Crippen LogP) is 2.86. The molecule has 1 aromatic heterocycles. The Labute approximate surface area is 154 Å². The Balaban J connectivity index is 1.62. The molecule has 2 N–H and O–H groups in total. The smallest absolute Gasteiger partial charge is 0.260 e. The van der Waals surface area contributed by atoms with Crippen LogP contribution in [0, 0.1) is 24.5 Å². The predicted molar refractivity (Wildman–Crippen MR) is 94.3 cm³/mol. The molecular formula is C19H19F2N3O3. The van der Waals surface area contributed by atoms with Gasteiger partial charge in [0, 0.05) is 37.3 Å². The Morgan fingerprint density at radius 3 is 2.56 bits per heavy atom. The van der Waals surface area contributed by atoms with E-state index in [1.807, 2.05) is 13.0 Å². The van der Waals surface area contributed by atoms with Crippen molar-refractivity contribution in [3.63, 3.8) is 0 Å². The van der Waals surface area contributed by atoms with E-state index in [1.165, 1.54) is 4.90 Å². The summed E-state index contributed by atoms with van der Waals surface area (Å²) in [6.45, 7) is 2.36. The van der Waals surface area contributed by atoms with Gasteiger partial charge in [0.1, 0.15) is 28.8 Å². The van der Waals surface area contributed by atoms with Crippen molar-refractivity contribution in [2.24, 2.45) is 5.92 Å². The van der Waals surface area contributed by atoms with Gasteiger partial charge in [0.25, 0.3) is 5.91 Å². The third kappa shape index (κ3) is 4.21. The lowest BCUT2D eigenvalue weighted by Crippen LogP contribution is -2.41. The normalized spacial score (nSPS) is 14.9. The topological polar surface area (TPSA) is 82.5 Å². The number of phenols is 1. The van der Waals surface area contributed by atoms with Gasteiger partial charge in [-0.05, 0) is 37.5 Å². The number of nitrogens with zero attached hydrogens (tertiary/aromatic N) is 2. The van der Waals surface area contributed by atoms with Crippen molar-refractivity contribution in [1.82, 2.24) is 9.88 Å². The van der Waals surface area contributed by atoms with E-state index >= 15 is 0 Å². The highest BCUT2D eigenvalue weighted by Gasteiger charge is 2.30. The molecule has 0 spiro atoms. The van der Waals surface area contributed by atoms with Crippen molar-refractivity contribution in [3.8, 4) is 5.75 Å². The summed E-state index contributed by atoms with van der Waals surface area (Å²) < 4.78 is 27.0. The summed E-state index contributed by atoms with van der Waals surface area (Å²) in [5.41, 5.74) is 0.421. The quantitative estimate of drug-likeness (QED) is 0.864. The van der Waals surface area contributed by atoms with E-state index in [0.717, 1.165) is 5.56 Å². The molecule has 0 radical (unpaired) electrons. The zero-order valence-electron chi connectivity index (χ0n) is 14.7. The second-order valence-electron chi connectivity index (χ2n) is 6.56. The van der Waals surface area contributed by atoms with Crippen LogP contribution in [0.4, 0.5) is 14.6 Å². The minimum absolute atomic E-state index is 0.184. The largest absolute Gasteiger partial charge is 0.507 e. The number of benzene rings is 1. The molecule has 0 atom stereocenters. The maximum absolute atomic E-state index is 13.9. The molecular weight excluding hydrogens is 356 g/mol. The lowest BCUT2D eigenvalue weighted by atomic mass is 9.95. The Morgan fingerprint density at radius 1 is 1.22 bits per heavy atom. The van der Waals surface area contributed by atoms with Gasteiger partial charge in [-0.1, -0.05) is 0 Å². The number of rotatable bonds is 3. The lowest BCUT2D eigenvalue weighted by molar-refractivity contribution is -0.121. The number of pyridine rings is 1. The van der Waals surface area contributed by atoms with E-state index in [9.17, 15) is 23.5 Å². The molecule has 2 aromatic rings. The highest BCUT2D eigenvalue weighted by atomic mass is 19.1. The van der Waals surface area contributed by atoms with Crippen LogP contribution in [0.3, 0.4) is 0 Å². The molecule has 1 fully saturated rings. The number of anilines is 1. The number of piperidine rings is 1. The molecule has 1 aliphatic heterocycles. The van der Waals surface area contributed by atoms with Crippen molar-refractivity contribution in [2.45, 2.75) is 19.8 Å². The Bertz CT molecular complexity index is 857. The van der Waals surface area contributed by atoms with Gasteiger partial charge in [-0.3, -0.25) is 9.59 Å². The molecule has 0 unspecified atom stereocenters. The molecule has 8 heteroatoms. The van der Waals surface area contributed by atoms with E-state index in [1.54, 1.807) is 12.3 Å². The molecule has 1 aliphatic rings. The first-order chi connectivity index (χ1) is 12.8. The number of aromatic hydroxyl groups is 1. The van der Waals surface area contributed by atoms with Crippen LogP contribution in [-0.2, 0) is 4.79 Å². The van der Waals surface area contributed by atoms with Crippen LogP contribution in [0.25, 0.3) is 0 Å². The molecule has 0 aliphatic carbocycles. The van der Waals surface area contributed by atoms with Crippen molar-refractivity contribution < 1.29 is 23.5 Å². The van der Waals surface area contributed by atoms with Gasteiger partial charge in [-0.25, -0.2) is 13.8 Å². The second kappa shape index (κ2) is 7.69.